The lowest BCUT2D eigenvalue weighted by Gasteiger charge is -2.13. The topological polar surface area (TPSA) is 34.1 Å². The molecule has 21 heavy (non-hydrogen) atoms. The molecule has 0 radical (unpaired) electrons. The van der Waals surface area contributed by atoms with Crippen molar-refractivity contribution < 1.29 is 9.00 Å². The van der Waals surface area contributed by atoms with Gasteiger partial charge in [-0.15, -0.1) is 0 Å². The SMILES string of the molecule is Cc1ccc(C(=O)C(C)S(=O)c2ccccc2C)cc1C. The lowest BCUT2D eigenvalue weighted by molar-refractivity contribution is 0.0992. The van der Waals surface area contributed by atoms with E-state index in [0.717, 1.165) is 21.6 Å². The number of carbonyl (C=O) groups is 1. The Labute approximate surface area is 128 Å². The maximum absolute atomic E-state index is 12.6. The first kappa shape index (κ1) is 15.6. The summed E-state index contributed by atoms with van der Waals surface area (Å²) in [6.45, 7) is 7.65. The Morgan fingerprint density at radius 2 is 1.62 bits per heavy atom. The van der Waals surface area contributed by atoms with E-state index in [9.17, 15) is 9.00 Å². The van der Waals surface area contributed by atoms with Crippen molar-refractivity contribution in [2.45, 2.75) is 37.8 Å². The Morgan fingerprint density at radius 3 is 2.24 bits per heavy atom. The molecular formula is C18H20O2S. The molecule has 0 saturated carbocycles. The van der Waals surface area contributed by atoms with Crippen molar-refractivity contribution in [1.82, 2.24) is 0 Å². The molecule has 0 saturated heterocycles. The number of ketones is 1. The molecule has 2 unspecified atom stereocenters. The van der Waals surface area contributed by atoms with E-state index >= 15 is 0 Å². The zero-order chi connectivity index (χ0) is 15.6. The third-order valence-electron chi connectivity index (χ3n) is 3.79. The second-order valence-electron chi connectivity index (χ2n) is 5.37. The van der Waals surface area contributed by atoms with E-state index in [-0.39, 0.29) is 5.78 Å². The van der Waals surface area contributed by atoms with Gasteiger partial charge in [-0.25, -0.2) is 0 Å². The van der Waals surface area contributed by atoms with Crippen LogP contribution in [-0.4, -0.2) is 15.2 Å². The second-order valence-corrected chi connectivity index (χ2v) is 7.11. The van der Waals surface area contributed by atoms with Gasteiger partial charge in [0.05, 0.1) is 16.0 Å². The van der Waals surface area contributed by atoms with Crippen molar-refractivity contribution in [3.8, 4) is 0 Å². The van der Waals surface area contributed by atoms with E-state index in [0.29, 0.717) is 5.56 Å². The summed E-state index contributed by atoms with van der Waals surface area (Å²) in [6, 6.07) is 13.1. The van der Waals surface area contributed by atoms with Gasteiger partial charge in [0.1, 0.15) is 0 Å². The maximum Gasteiger partial charge on any atom is 0.178 e. The molecule has 0 amide bonds. The van der Waals surface area contributed by atoms with Crippen LogP contribution >= 0.6 is 0 Å². The van der Waals surface area contributed by atoms with Crippen LogP contribution in [-0.2, 0) is 10.8 Å². The number of hydrogen-bond donors (Lipinski definition) is 0. The van der Waals surface area contributed by atoms with Crippen molar-refractivity contribution in [3.05, 3.63) is 64.7 Å². The molecule has 0 heterocycles. The minimum Gasteiger partial charge on any atom is -0.293 e. The molecular weight excluding hydrogens is 280 g/mol. The van der Waals surface area contributed by atoms with Crippen LogP contribution in [0.5, 0.6) is 0 Å². The highest BCUT2D eigenvalue weighted by Crippen LogP contribution is 2.19. The quantitative estimate of drug-likeness (QED) is 0.800. The highest BCUT2D eigenvalue weighted by molar-refractivity contribution is 7.86. The number of carbonyl (C=O) groups excluding carboxylic acids is 1. The summed E-state index contributed by atoms with van der Waals surface area (Å²) in [7, 11) is -1.33. The fourth-order valence-corrected chi connectivity index (χ4v) is 3.51. The molecule has 0 bridgehead atoms. The van der Waals surface area contributed by atoms with E-state index in [1.807, 2.05) is 63.2 Å². The van der Waals surface area contributed by atoms with Crippen molar-refractivity contribution in [1.29, 1.82) is 0 Å². The van der Waals surface area contributed by atoms with Crippen LogP contribution in [0.1, 0.15) is 34.0 Å². The van der Waals surface area contributed by atoms with Crippen LogP contribution in [0.25, 0.3) is 0 Å². The molecule has 2 nitrogen and oxygen atoms in total. The van der Waals surface area contributed by atoms with E-state index in [2.05, 4.69) is 0 Å². The molecule has 0 aliphatic carbocycles. The van der Waals surface area contributed by atoms with Gasteiger partial charge in [-0.05, 0) is 56.5 Å². The molecule has 0 aliphatic rings. The predicted octanol–water partition coefficient (Wildman–Crippen LogP) is 3.99. The molecule has 2 aromatic rings. The van der Waals surface area contributed by atoms with Crippen molar-refractivity contribution in [2.24, 2.45) is 0 Å². The number of rotatable bonds is 4. The Bertz CT molecular complexity index is 704. The average Bonchev–Trinajstić information content (AvgIpc) is 2.48. The smallest absolute Gasteiger partial charge is 0.178 e. The molecule has 0 aromatic heterocycles. The van der Waals surface area contributed by atoms with Crippen LogP contribution in [0, 0.1) is 20.8 Å². The van der Waals surface area contributed by atoms with Crippen molar-refractivity contribution in [2.75, 3.05) is 0 Å². The van der Waals surface area contributed by atoms with Crippen LogP contribution in [0.3, 0.4) is 0 Å². The molecule has 2 aromatic carbocycles. The van der Waals surface area contributed by atoms with Crippen LogP contribution < -0.4 is 0 Å². The molecule has 0 fully saturated rings. The fraction of sp³-hybridized carbons (Fsp3) is 0.278. The Morgan fingerprint density at radius 1 is 0.952 bits per heavy atom. The third kappa shape index (κ3) is 3.30. The number of Topliss-reactive ketones (excluding diaryl/α,β-unsaturated/α-hetero) is 1. The van der Waals surface area contributed by atoms with Gasteiger partial charge in [0.15, 0.2) is 5.78 Å². The first-order chi connectivity index (χ1) is 9.91. The van der Waals surface area contributed by atoms with Gasteiger partial charge in [-0.3, -0.25) is 9.00 Å². The average molecular weight is 300 g/mol. The lowest BCUT2D eigenvalue weighted by atomic mass is 10.0. The first-order valence-electron chi connectivity index (χ1n) is 6.99. The van der Waals surface area contributed by atoms with Gasteiger partial charge < -0.3 is 0 Å². The van der Waals surface area contributed by atoms with Gasteiger partial charge in [0.25, 0.3) is 0 Å². The van der Waals surface area contributed by atoms with Crippen molar-refractivity contribution in [3.63, 3.8) is 0 Å². The molecule has 0 N–H and O–H groups in total. The maximum atomic E-state index is 12.6. The van der Waals surface area contributed by atoms with Gasteiger partial charge in [-0.1, -0.05) is 30.3 Å². The van der Waals surface area contributed by atoms with Crippen LogP contribution in [0.4, 0.5) is 0 Å². The zero-order valence-corrected chi connectivity index (χ0v) is 13.7. The molecule has 2 rings (SSSR count). The minimum atomic E-state index is -1.33. The van der Waals surface area contributed by atoms with Crippen molar-refractivity contribution >= 4 is 16.6 Å². The summed E-state index contributed by atoms with van der Waals surface area (Å²) < 4.78 is 12.6. The molecule has 3 heteroatoms. The Hall–Kier alpha value is -1.74. The zero-order valence-electron chi connectivity index (χ0n) is 12.8. The third-order valence-corrected chi connectivity index (χ3v) is 5.54. The number of hydrogen-bond acceptors (Lipinski definition) is 2. The Kier molecular flexibility index (Phi) is 4.73. The molecule has 0 aliphatic heterocycles. The van der Waals surface area contributed by atoms with Crippen LogP contribution in [0.2, 0.25) is 0 Å². The van der Waals surface area contributed by atoms with Gasteiger partial charge in [-0.2, -0.15) is 0 Å². The van der Waals surface area contributed by atoms with E-state index < -0.39 is 16.0 Å². The molecule has 2 atom stereocenters. The summed E-state index contributed by atoms with van der Waals surface area (Å²) in [4.78, 5) is 13.3. The van der Waals surface area contributed by atoms with E-state index in [1.54, 1.807) is 6.92 Å². The standard InChI is InChI=1S/C18H20O2S/c1-12-9-10-16(11-14(12)3)18(19)15(4)21(20)17-8-6-5-7-13(17)2/h5-11,15H,1-4H3. The number of aryl methyl sites for hydroxylation is 3. The molecule has 110 valence electrons. The minimum absolute atomic E-state index is 0.0697. The van der Waals surface area contributed by atoms with E-state index in [4.69, 9.17) is 0 Å². The lowest BCUT2D eigenvalue weighted by Crippen LogP contribution is -2.23. The Balaban J connectivity index is 2.29. The highest BCUT2D eigenvalue weighted by atomic mass is 32.2. The largest absolute Gasteiger partial charge is 0.293 e. The first-order valence-corrected chi connectivity index (χ1v) is 8.21. The fourth-order valence-electron chi connectivity index (χ4n) is 2.20. The highest BCUT2D eigenvalue weighted by Gasteiger charge is 2.23. The van der Waals surface area contributed by atoms with Crippen LogP contribution in [0.15, 0.2) is 47.4 Å². The summed E-state index contributed by atoms with van der Waals surface area (Å²) in [5, 5.41) is -0.548. The summed E-state index contributed by atoms with van der Waals surface area (Å²) >= 11 is 0. The summed E-state index contributed by atoms with van der Waals surface area (Å²) in [5.74, 6) is -0.0697. The van der Waals surface area contributed by atoms with Gasteiger partial charge in [0.2, 0.25) is 0 Å². The number of benzene rings is 2. The monoisotopic (exact) mass is 300 g/mol. The normalized spacial score (nSPS) is 13.7. The summed E-state index contributed by atoms with van der Waals surface area (Å²) in [5.41, 5.74) is 3.82. The summed E-state index contributed by atoms with van der Waals surface area (Å²) in [6.07, 6.45) is 0. The molecule has 0 spiro atoms. The van der Waals surface area contributed by atoms with Gasteiger partial charge in [0, 0.05) is 10.5 Å². The van der Waals surface area contributed by atoms with Gasteiger partial charge >= 0.3 is 0 Å². The second kappa shape index (κ2) is 6.35. The van der Waals surface area contributed by atoms with E-state index in [1.165, 1.54) is 0 Å². The predicted molar refractivity (Wildman–Crippen MR) is 87.3 cm³/mol.